The van der Waals surface area contributed by atoms with E-state index >= 15 is 0 Å². The SMILES string of the molecule is Cc1cc(C=CC#N)cc(Oc2c(C(C)C)c(=O)[nH]c(=O)n2Cc2ccnc(C(=O)c3ccccc3C(N)=O)c2)c1. The normalized spacial score (nSPS) is 11.0. The van der Waals surface area contributed by atoms with Gasteiger partial charge in [-0.15, -0.1) is 0 Å². The third-order valence-electron chi connectivity index (χ3n) is 6.24. The van der Waals surface area contributed by atoms with Crippen LogP contribution in [0.2, 0.25) is 0 Å². The van der Waals surface area contributed by atoms with Crippen LogP contribution in [0.15, 0.2) is 76.5 Å². The van der Waals surface area contributed by atoms with Gasteiger partial charge in [-0.1, -0.05) is 38.1 Å². The summed E-state index contributed by atoms with van der Waals surface area (Å²) >= 11 is 0. The van der Waals surface area contributed by atoms with E-state index in [9.17, 15) is 19.2 Å². The number of benzene rings is 2. The van der Waals surface area contributed by atoms with Gasteiger partial charge in [0.05, 0.1) is 23.7 Å². The number of amides is 1. The van der Waals surface area contributed by atoms with Gasteiger partial charge in [-0.3, -0.25) is 28.9 Å². The molecule has 0 spiro atoms. The number of hydrogen-bond donors (Lipinski definition) is 2. The zero-order chi connectivity index (χ0) is 29.7. The van der Waals surface area contributed by atoms with Crippen molar-refractivity contribution in [3.8, 4) is 17.7 Å². The molecule has 4 rings (SSSR count). The summed E-state index contributed by atoms with van der Waals surface area (Å²) in [6.07, 6.45) is 4.38. The van der Waals surface area contributed by atoms with E-state index in [-0.39, 0.29) is 40.7 Å². The minimum Gasteiger partial charge on any atom is -0.440 e. The predicted molar refractivity (Wildman–Crippen MR) is 153 cm³/mol. The number of rotatable bonds is 9. The van der Waals surface area contributed by atoms with Crippen molar-refractivity contribution in [3.05, 3.63) is 127 Å². The van der Waals surface area contributed by atoms with Crippen LogP contribution in [0.3, 0.4) is 0 Å². The number of nitrogens with zero attached hydrogens (tertiary/aromatic N) is 3. The van der Waals surface area contributed by atoms with Crippen molar-refractivity contribution in [3.63, 3.8) is 0 Å². The van der Waals surface area contributed by atoms with E-state index in [0.29, 0.717) is 16.9 Å². The van der Waals surface area contributed by atoms with Gasteiger partial charge in [-0.2, -0.15) is 5.26 Å². The van der Waals surface area contributed by atoms with E-state index in [1.165, 1.54) is 35.0 Å². The average molecular weight is 550 g/mol. The first kappa shape index (κ1) is 28.4. The Morgan fingerprint density at radius 3 is 2.54 bits per heavy atom. The average Bonchev–Trinajstić information content (AvgIpc) is 2.93. The molecule has 10 heteroatoms. The highest BCUT2D eigenvalue weighted by molar-refractivity contribution is 6.14. The minimum atomic E-state index is -0.740. The Labute approximate surface area is 235 Å². The molecular formula is C31H27N5O5. The zero-order valence-electron chi connectivity index (χ0n) is 22.7. The number of H-pyrrole nitrogens is 1. The highest BCUT2D eigenvalue weighted by Gasteiger charge is 2.22. The van der Waals surface area contributed by atoms with Gasteiger partial charge >= 0.3 is 5.69 Å². The van der Waals surface area contributed by atoms with Gasteiger partial charge in [-0.05, 0) is 65.9 Å². The summed E-state index contributed by atoms with van der Waals surface area (Å²) in [6.45, 7) is 5.42. The molecule has 2 heterocycles. The molecular weight excluding hydrogens is 522 g/mol. The van der Waals surface area contributed by atoms with Gasteiger partial charge in [0, 0.05) is 17.8 Å². The highest BCUT2D eigenvalue weighted by atomic mass is 16.5. The number of ketones is 1. The highest BCUT2D eigenvalue weighted by Crippen LogP contribution is 2.29. The van der Waals surface area contributed by atoms with Crippen molar-refractivity contribution in [2.24, 2.45) is 5.73 Å². The number of nitriles is 1. The smallest absolute Gasteiger partial charge is 0.331 e. The lowest BCUT2D eigenvalue weighted by atomic mass is 10.00. The standard InChI is InChI=1S/C31H27N5O5/c1-18(2)26-29(39)35-31(40)36(30(26)41-22-14-19(3)13-20(15-22)7-6-11-32)17-21-10-12-34-25(16-21)27(37)23-8-4-5-9-24(23)28(33)38/h4-10,12-16,18H,17H2,1-3H3,(H2,33,38)(H,35,39,40). The lowest BCUT2D eigenvalue weighted by Crippen LogP contribution is -2.34. The number of hydrogen-bond acceptors (Lipinski definition) is 7. The molecule has 0 atom stereocenters. The lowest BCUT2D eigenvalue weighted by molar-refractivity contribution is 0.0980. The number of aromatic amines is 1. The molecule has 0 bridgehead atoms. The van der Waals surface area contributed by atoms with Crippen LogP contribution in [0.5, 0.6) is 11.6 Å². The molecule has 0 radical (unpaired) electrons. The second kappa shape index (κ2) is 12.1. The molecule has 3 N–H and O–H groups in total. The van der Waals surface area contributed by atoms with Crippen LogP contribution in [0.4, 0.5) is 0 Å². The maximum absolute atomic E-state index is 13.2. The van der Waals surface area contributed by atoms with Gasteiger partial charge in [-0.25, -0.2) is 4.79 Å². The molecule has 0 unspecified atom stereocenters. The summed E-state index contributed by atoms with van der Waals surface area (Å²) in [6, 6.07) is 16.6. The van der Waals surface area contributed by atoms with Crippen molar-refractivity contribution in [2.45, 2.75) is 33.2 Å². The van der Waals surface area contributed by atoms with Crippen LogP contribution in [0.1, 0.15) is 68.4 Å². The fraction of sp³-hybridized carbons (Fsp3) is 0.161. The molecule has 0 aliphatic rings. The Kier molecular flexibility index (Phi) is 8.39. The number of carbonyl (C=O) groups is 2. The number of pyridine rings is 1. The summed E-state index contributed by atoms with van der Waals surface area (Å²) in [5.74, 6) is -1.12. The van der Waals surface area contributed by atoms with Crippen molar-refractivity contribution in [2.75, 3.05) is 0 Å². The fourth-order valence-corrected chi connectivity index (χ4v) is 4.42. The third-order valence-corrected chi connectivity index (χ3v) is 6.24. The number of allylic oxidation sites excluding steroid dienone is 1. The molecule has 0 saturated carbocycles. The topological polar surface area (TPSA) is 161 Å². The summed E-state index contributed by atoms with van der Waals surface area (Å²) in [5.41, 5.74) is 6.75. The summed E-state index contributed by atoms with van der Waals surface area (Å²) in [4.78, 5) is 57.6. The van der Waals surface area contributed by atoms with E-state index in [2.05, 4.69) is 9.97 Å². The maximum atomic E-state index is 13.2. The van der Waals surface area contributed by atoms with E-state index in [4.69, 9.17) is 15.7 Å². The molecule has 0 fully saturated rings. The number of nitrogens with one attached hydrogen (secondary N) is 1. The van der Waals surface area contributed by atoms with E-state index in [0.717, 1.165) is 5.56 Å². The number of nitrogens with two attached hydrogens (primary N) is 1. The van der Waals surface area contributed by atoms with E-state index in [1.54, 1.807) is 36.4 Å². The Hall–Kier alpha value is -5.56. The van der Waals surface area contributed by atoms with Gasteiger partial charge in [0.1, 0.15) is 11.4 Å². The fourth-order valence-electron chi connectivity index (χ4n) is 4.42. The van der Waals surface area contributed by atoms with Crippen LogP contribution in [-0.2, 0) is 6.54 Å². The largest absolute Gasteiger partial charge is 0.440 e. The number of carbonyl (C=O) groups excluding carboxylic acids is 2. The first-order valence-corrected chi connectivity index (χ1v) is 12.7. The van der Waals surface area contributed by atoms with Crippen LogP contribution >= 0.6 is 0 Å². The van der Waals surface area contributed by atoms with Crippen LogP contribution in [0, 0.1) is 18.3 Å². The second-order valence-corrected chi connectivity index (χ2v) is 9.65. The molecule has 0 aliphatic carbocycles. The van der Waals surface area contributed by atoms with Crippen LogP contribution < -0.4 is 21.7 Å². The quantitative estimate of drug-likeness (QED) is 0.235. The Balaban J connectivity index is 1.79. The van der Waals surface area contributed by atoms with E-state index in [1.807, 2.05) is 32.9 Å². The predicted octanol–water partition coefficient (Wildman–Crippen LogP) is 4.07. The Bertz CT molecular complexity index is 1840. The summed E-state index contributed by atoms with van der Waals surface area (Å²) in [7, 11) is 0. The molecule has 0 aliphatic heterocycles. The first-order valence-electron chi connectivity index (χ1n) is 12.7. The summed E-state index contributed by atoms with van der Waals surface area (Å²) in [5, 5.41) is 8.90. The van der Waals surface area contributed by atoms with Crippen molar-refractivity contribution in [1.82, 2.24) is 14.5 Å². The van der Waals surface area contributed by atoms with Crippen molar-refractivity contribution in [1.29, 1.82) is 5.26 Å². The first-order chi connectivity index (χ1) is 19.6. The van der Waals surface area contributed by atoms with Gasteiger partial charge in [0.15, 0.2) is 0 Å². The third kappa shape index (κ3) is 6.37. The number of aryl methyl sites for hydroxylation is 1. The van der Waals surface area contributed by atoms with E-state index < -0.39 is 22.9 Å². The van der Waals surface area contributed by atoms with Crippen molar-refractivity contribution < 1.29 is 14.3 Å². The second-order valence-electron chi connectivity index (χ2n) is 9.65. The number of aromatic nitrogens is 3. The van der Waals surface area contributed by atoms with Crippen LogP contribution in [0.25, 0.3) is 6.08 Å². The van der Waals surface area contributed by atoms with Gasteiger partial charge in [0.2, 0.25) is 17.6 Å². The van der Waals surface area contributed by atoms with Gasteiger partial charge in [0.25, 0.3) is 5.56 Å². The monoisotopic (exact) mass is 549 g/mol. The Morgan fingerprint density at radius 1 is 1.12 bits per heavy atom. The number of primary amides is 1. The number of ether oxygens (including phenoxy) is 1. The molecule has 0 saturated heterocycles. The molecule has 2 aromatic heterocycles. The Morgan fingerprint density at radius 2 is 1.85 bits per heavy atom. The summed E-state index contributed by atoms with van der Waals surface area (Å²) < 4.78 is 7.50. The zero-order valence-corrected chi connectivity index (χ0v) is 22.7. The molecule has 206 valence electrons. The molecule has 1 amide bonds. The molecule has 4 aromatic rings. The minimum absolute atomic E-state index is 0.0489. The molecule has 10 nitrogen and oxygen atoms in total. The molecule has 41 heavy (non-hydrogen) atoms. The van der Waals surface area contributed by atoms with Crippen molar-refractivity contribution >= 4 is 17.8 Å². The van der Waals surface area contributed by atoms with Gasteiger partial charge < -0.3 is 10.5 Å². The van der Waals surface area contributed by atoms with Crippen LogP contribution in [-0.4, -0.2) is 26.2 Å². The molecule has 2 aromatic carbocycles. The lowest BCUT2D eigenvalue weighted by Gasteiger charge is -2.19. The maximum Gasteiger partial charge on any atom is 0.331 e.